The van der Waals surface area contributed by atoms with Crippen LogP contribution >= 0.6 is 0 Å². The van der Waals surface area contributed by atoms with Crippen molar-refractivity contribution < 1.29 is 72.2 Å². The summed E-state index contributed by atoms with van der Waals surface area (Å²) >= 11 is 0. The molecule has 3 N–H and O–H groups in total. The Labute approximate surface area is 373 Å². The van der Waals surface area contributed by atoms with Crippen molar-refractivity contribution in [1.82, 2.24) is 0 Å². The molecule has 20 unspecified atom stereocenters. The van der Waals surface area contributed by atoms with Gasteiger partial charge < -0.3 is 67.4 Å². The van der Waals surface area contributed by atoms with Crippen molar-refractivity contribution >= 4 is 5.97 Å². The van der Waals surface area contributed by atoms with Crippen molar-refractivity contribution in [2.75, 3.05) is 27.9 Å². The lowest BCUT2D eigenvalue weighted by molar-refractivity contribution is -0.353. The number of aliphatic hydroxyl groups is 3. The Morgan fingerprint density at radius 1 is 0.825 bits per heavy atom. The Morgan fingerprint density at radius 3 is 2.22 bits per heavy atom. The van der Waals surface area contributed by atoms with E-state index in [0.29, 0.717) is 31.3 Å². The summed E-state index contributed by atoms with van der Waals surface area (Å²) in [4.78, 5) is 14.5. The lowest BCUT2D eigenvalue weighted by Crippen LogP contribution is -2.60. The standard InChI is InChI=1S/C48H74O15/c1-24(2)41-28(6)35(49)22-47(63-41)21-33-18-32(62-47)16-15-26(4)42(60-39-20-37(54-10)44(30(8)58-39)61-38-19-36(53-9)40(50)29(7)57-38)25(3)13-12-14-31-23-56-45-43(55-11)27(5)17-34(46(51)59-33)48(31,45)52/h12-15,17,24-25,28-30,32-45,49-50,52H,16,18-23H2,1-11H3. The number of hydrogen-bond donors (Lipinski definition) is 3. The Kier molecular flexibility index (Phi) is 15.5. The van der Waals surface area contributed by atoms with Crippen LogP contribution in [0.4, 0.5) is 0 Å². The average Bonchev–Trinajstić information content (AvgIpc) is 3.57. The molecule has 0 radical (unpaired) electrons. The number of aliphatic hydroxyl groups excluding tert-OH is 2. The largest absolute Gasteiger partial charge is 0.462 e. The second-order valence-corrected chi connectivity index (χ2v) is 19.5. The molecule has 6 heterocycles. The molecule has 1 spiro atoms. The van der Waals surface area contributed by atoms with E-state index in [9.17, 15) is 20.1 Å². The van der Waals surface area contributed by atoms with Gasteiger partial charge in [0.2, 0.25) is 0 Å². The van der Waals surface area contributed by atoms with Gasteiger partial charge in [-0.05, 0) is 56.8 Å². The number of fused-ring (bicyclic) bond motifs is 2. The quantitative estimate of drug-likeness (QED) is 0.223. The molecule has 20 atom stereocenters. The molecule has 6 aliphatic heterocycles. The highest BCUT2D eigenvalue weighted by Crippen LogP contribution is 2.48. The van der Waals surface area contributed by atoms with Crippen LogP contribution in [0, 0.1) is 23.7 Å². The molecule has 0 aromatic carbocycles. The molecule has 1 aliphatic carbocycles. The molecule has 7 aliphatic rings. The monoisotopic (exact) mass is 891 g/mol. The molecule has 0 aromatic heterocycles. The maximum absolute atomic E-state index is 14.5. The lowest BCUT2D eigenvalue weighted by atomic mass is 9.70. The number of rotatable bonds is 8. The molecular formula is C48H74O15. The lowest BCUT2D eigenvalue weighted by Gasteiger charge is -2.52. The van der Waals surface area contributed by atoms with Gasteiger partial charge in [-0.1, -0.05) is 58.1 Å². The molecule has 356 valence electrons. The summed E-state index contributed by atoms with van der Waals surface area (Å²) in [5.41, 5.74) is 0.511. The fourth-order valence-corrected chi connectivity index (χ4v) is 11.1. The molecule has 0 aromatic rings. The molecule has 15 nitrogen and oxygen atoms in total. The minimum atomic E-state index is -1.74. The van der Waals surface area contributed by atoms with E-state index in [4.69, 9.17) is 52.1 Å². The summed E-state index contributed by atoms with van der Waals surface area (Å²) in [6.07, 6.45) is 3.50. The van der Waals surface area contributed by atoms with Gasteiger partial charge >= 0.3 is 5.97 Å². The first kappa shape index (κ1) is 48.8. The van der Waals surface area contributed by atoms with Crippen LogP contribution in [-0.4, -0.2) is 153 Å². The van der Waals surface area contributed by atoms with E-state index in [-0.39, 0.29) is 49.4 Å². The number of carbonyl (C=O) groups is 1. The predicted octanol–water partition coefficient (Wildman–Crippen LogP) is 4.84. The summed E-state index contributed by atoms with van der Waals surface area (Å²) < 4.78 is 69.7. The van der Waals surface area contributed by atoms with E-state index in [1.165, 1.54) is 0 Å². The third kappa shape index (κ3) is 9.98. The summed E-state index contributed by atoms with van der Waals surface area (Å²) in [6, 6.07) is 0. The van der Waals surface area contributed by atoms with Crippen molar-refractivity contribution in [2.24, 2.45) is 23.7 Å². The van der Waals surface area contributed by atoms with Gasteiger partial charge in [0.1, 0.15) is 42.0 Å². The maximum atomic E-state index is 14.5. The van der Waals surface area contributed by atoms with Crippen molar-refractivity contribution in [3.05, 3.63) is 47.1 Å². The molecule has 2 bridgehead atoms. The van der Waals surface area contributed by atoms with Crippen molar-refractivity contribution in [1.29, 1.82) is 0 Å². The zero-order chi connectivity index (χ0) is 45.5. The maximum Gasteiger partial charge on any atom is 0.316 e. The highest BCUT2D eigenvalue weighted by molar-refractivity contribution is 5.78. The highest BCUT2D eigenvalue weighted by atomic mass is 16.7. The van der Waals surface area contributed by atoms with Gasteiger partial charge in [0.05, 0.1) is 55.4 Å². The first-order valence-corrected chi connectivity index (χ1v) is 23.1. The molecule has 5 fully saturated rings. The fourth-order valence-electron chi connectivity index (χ4n) is 11.1. The fraction of sp³-hybridized carbons (Fsp3) is 0.812. The normalized spacial score (nSPS) is 47.4. The van der Waals surface area contributed by atoms with E-state index in [1.54, 1.807) is 34.3 Å². The molecular weight excluding hydrogens is 817 g/mol. The van der Waals surface area contributed by atoms with Crippen LogP contribution in [0.2, 0.25) is 0 Å². The molecule has 15 heteroatoms. The van der Waals surface area contributed by atoms with Crippen LogP contribution < -0.4 is 0 Å². The van der Waals surface area contributed by atoms with Crippen molar-refractivity contribution in [2.45, 2.75) is 197 Å². The number of esters is 1. The highest BCUT2D eigenvalue weighted by Gasteiger charge is 2.61. The Balaban J connectivity index is 1.19. The first-order valence-electron chi connectivity index (χ1n) is 23.1. The van der Waals surface area contributed by atoms with Crippen molar-refractivity contribution in [3.63, 3.8) is 0 Å². The van der Waals surface area contributed by atoms with E-state index in [0.717, 1.165) is 11.1 Å². The van der Waals surface area contributed by atoms with Crippen LogP contribution in [0.15, 0.2) is 47.1 Å². The van der Waals surface area contributed by atoms with E-state index in [1.807, 2.05) is 45.9 Å². The van der Waals surface area contributed by atoms with Gasteiger partial charge in [-0.3, -0.25) is 4.79 Å². The topological polar surface area (TPSA) is 179 Å². The van der Waals surface area contributed by atoms with E-state index >= 15 is 0 Å². The molecule has 7 rings (SSSR count). The summed E-state index contributed by atoms with van der Waals surface area (Å²) in [7, 11) is 4.79. The van der Waals surface area contributed by atoms with Crippen molar-refractivity contribution in [3.8, 4) is 0 Å². The van der Waals surface area contributed by atoms with Gasteiger partial charge in [-0.15, -0.1) is 0 Å². The SMILES string of the molecule is COC1CC(OC2C(C)OC(OC3C(C)=CCC4CC(CC5(CC(O)C(C)C(C(C)C)O5)O4)OC(=O)C4C=C(C)C(OC)C5OCC(=CC=CC3C)C45O)CC2OC)OC(C)C1O. The van der Waals surface area contributed by atoms with E-state index in [2.05, 4.69) is 26.8 Å². The first-order chi connectivity index (χ1) is 29.9. The van der Waals surface area contributed by atoms with Crippen LogP contribution in [0.25, 0.3) is 0 Å². The molecule has 0 saturated carbocycles. The Bertz CT molecular complexity index is 1710. The minimum absolute atomic E-state index is 0.0967. The van der Waals surface area contributed by atoms with E-state index < -0.39 is 103 Å². The zero-order valence-electron chi connectivity index (χ0n) is 39.0. The number of allylic oxidation sites excluding steroid dienone is 2. The zero-order valence-corrected chi connectivity index (χ0v) is 39.0. The number of hydrogen-bond acceptors (Lipinski definition) is 15. The van der Waals surface area contributed by atoms with Gasteiger partial charge in [-0.2, -0.15) is 0 Å². The van der Waals surface area contributed by atoms with Crippen LogP contribution in [-0.2, 0) is 56.9 Å². The number of methoxy groups -OCH3 is 3. The molecule has 5 saturated heterocycles. The summed E-state index contributed by atoms with van der Waals surface area (Å²) in [5.74, 6) is -3.03. The smallest absolute Gasteiger partial charge is 0.316 e. The van der Waals surface area contributed by atoms with Gasteiger partial charge in [0, 0.05) is 65.3 Å². The van der Waals surface area contributed by atoms with Gasteiger partial charge in [-0.25, -0.2) is 0 Å². The number of ether oxygens (including phenoxy) is 11. The van der Waals surface area contributed by atoms with Gasteiger partial charge in [0.15, 0.2) is 18.4 Å². The summed E-state index contributed by atoms with van der Waals surface area (Å²) in [6.45, 7) is 15.9. The Morgan fingerprint density at radius 2 is 1.52 bits per heavy atom. The second-order valence-electron chi connectivity index (χ2n) is 19.5. The Hall–Kier alpha value is -2.09. The average molecular weight is 891 g/mol. The van der Waals surface area contributed by atoms with Crippen LogP contribution in [0.5, 0.6) is 0 Å². The van der Waals surface area contributed by atoms with Gasteiger partial charge in [0.25, 0.3) is 0 Å². The van der Waals surface area contributed by atoms with Crippen LogP contribution in [0.3, 0.4) is 0 Å². The predicted molar refractivity (Wildman–Crippen MR) is 229 cm³/mol. The third-order valence-corrected chi connectivity index (χ3v) is 14.7. The van der Waals surface area contributed by atoms with Crippen LogP contribution in [0.1, 0.15) is 93.9 Å². The third-order valence-electron chi connectivity index (χ3n) is 14.7. The molecule has 0 amide bonds. The summed E-state index contributed by atoms with van der Waals surface area (Å²) in [5, 5.41) is 34.7. The number of carbonyl (C=O) groups excluding carboxylic acids is 1. The molecule has 63 heavy (non-hydrogen) atoms. The second kappa shape index (κ2) is 20.0. The minimum Gasteiger partial charge on any atom is -0.462 e.